The van der Waals surface area contributed by atoms with Crippen molar-refractivity contribution < 1.29 is 9.84 Å². The molecular formula is C12H16Cl2N2O2. The molecule has 0 unspecified atom stereocenters. The molecule has 1 atom stereocenters. The van der Waals surface area contributed by atoms with Crippen molar-refractivity contribution in [1.29, 1.82) is 0 Å². The van der Waals surface area contributed by atoms with Crippen LogP contribution in [0.3, 0.4) is 0 Å². The number of hydrogen-bond acceptors (Lipinski definition) is 4. The Balaban J connectivity index is 2.07. The van der Waals surface area contributed by atoms with E-state index in [1.54, 1.807) is 12.4 Å². The van der Waals surface area contributed by atoms with Crippen molar-refractivity contribution in [3.05, 3.63) is 28.0 Å². The molecule has 0 bridgehead atoms. The summed E-state index contributed by atoms with van der Waals surface area (Å²) in [4.78, 5) is 6.14. The summed E-state index contributed by atoms with van der Waals surface area (Å²) in [5, 5.41) is 10.4. The smallest absolute Gasteiger partial charge is 0.0649 e. The first kappa shape index (κ1) is 14.0. The second-order valence-electron chi connectivity index (χ2n) is 4.44. The summed E-state index contributed by atoms with van der Waals surface area (Å²) in [6.45, 7) is 3.65. The normalized spacial score (nSPS) is 21.8. The Morgan fingerprint density at radius 2 is 2.11 bits per heavy atom. The van der Waals surface area contributed by atoms with Crippen LogP contribution in [0.2, 0.25) is 10.0 Å². The molecule has 18 heavy (non-hydrogen) atoms. The van der Waals surface area contributed by atoms with Crippen molar-refractivity contribution >= 4 is 23.2 Å². The zero-order valence-corrected chi connectivity index (χ0v) is 11.5. The van der Waals surface area contributed by atoms with Gasteiger partial charge in [0.15, 0.2) is 0 Å². The second-order valence-corrected chi connectivity index (χ2v) is 5.25. The molecule has 6 heteroatoms. The van der Waals surface area contributed by atoms with Crippen LogP contribution in [0.15, 0.2) is 12.4 Å². The van der Waals surface area contributed by atoms with Gasteiger partial charge in [0.05, 0.1) is 23.3 Å². The van der Waals surface area contributed by atoms with Gasteiger partial charge in [0.1, 0.15) is 0 Å². The molecule has 0 radical (unpaired) electrons. The van der Waals surface area contributed by atoms with E-state index in [0.717, 1.165) is 18.7 Å². The average molecular weight is 291 g/mol. The minimum atomic E-state index is 0.133. The Kier molecular flexibility index (Phi) is 5.21. The molecule has 0 aromatic carbocycles. The molecule has 1 aliphatic heterocycles. The summed E-state index contributed by atoms with van der Waals surface area (Å²) in [7, 11) is 0. The van der Waals surface area contributed by atoms with E-state index in [4.69, 9.17) is 27.9 Å². The Morgan fingerprint density at radius 1 is 1.39 bits per heavy atom. The fourth-order valence-corrected chi connectivity index (χ4v) is 2.50. The molecule has 100 valence electrons. The summed E-state index contributed by atoms with van der Waals surface area (Å²) in [6, 6.07) is 0. The number of halogens is 2. The van der Waals surface area contributed by atoms with Gasteiger partial charge in [0.25, 0.3) is 0 Å². The number of aliphatic hydroxyl groups excluding tert-OH is 1. The molecule has 1 N–H and O–H groups in total. The SMILES string of the molecule is OC[C@H]1COCCN(Cc2c(Cl)cncc2Cl)C1. The van der Waals surface area contributed by atoms with Gasteiger partial charge in [0, 0.05) is 50.1 Å². The van der Waals surface area contributed by atoms with Gasteiger partial charge in [-0.3, -0.25) is 9.88 Å². The van der Waals surface area contributed by atoms with Crippen molar-refractivity contribution in [1.82, 2.24) is 9.88 Å². The highest BCUT2D eigenvalue weighted by molar-refractivity contribution is 6.35. The van der Waals surface area contributed by atoms with Gasteiger partial charge in [-0.2, -0.15) is 0 Å². The number of rotatable bonds is 3. The van der Waals surface area contributed by atoms with E-state index in [2.05, 4.69) is 9.88 Å². The number of pyridine rings is 1. The van der Waals surface area contributed by atoms with Gasteiger partial charge >= 0.3 is 0 Å². The molecule has 2 rings (SSSR count). The van der Waals surface area contributed by atoms with Crippen LogP contribution >= 0.6 is 23.2 Å². The van der Waals surface area contributed by atoms with Crippen LogP contribution < -0.4 is 0 Å². The van der Waals surface area contributed by atoms with E-state index < -0.39 is 0 Å². The van der Waals surface area contributed by atoms with Gasteiger partial charge < -0.3 is 9.84 Å². The largest absolute Gasteiger partial charge is 0.396 e. The lowest BCUT2D eigenvalue weighted by Crippen LogP contribution is -2.31. The Morgan fingerprint density at radius 3 is 2.78 bits per heavy atom. The molecule has 0 aliphatic carbocycles. The molecule has 0 amide bonds. The number of ether oxygens (including phenoxy) is 1. The Bertz CT molecular complexity index is 383. The predicted molar refractivity (Wildman–Crippen MR) is 70.9 cm³/mol. The monoisotopic (exact) mass is 290 g/mol. The third-order valence-corrected chi connectivity index (χ3v) is 3.67. The maximum absolute atomic E-state index is 9.24. The summed E-state index contributed by atoms with van der Waals surface area (Å²) < 4.78 is 5.45. The topological polar surface area (TPSA) is 45.6 Å². The van der Waals surface area contributed by atoms with E-state index in [1.165, 1.54) is 0 Å². The lowest BCUT2D eigenvalue weighted by molar-refractivity contribution is 0.0958. The highest BCUT2D eigenvalue weighted by Crippen LogP contribution is 2.25. The molecule has 2 heterocycles. The van der Waals surface area contributed by atoms with Crippen molar-refractivity contribution in [2.45, 2.75) is 6.54 Å². The Hall–Kier alpha value is -0.390. The van der Waals surface area contributed by atoms with E-state index in [9.17, 15) is 5.11 Å². The minimum Gasteiger partial charge on any atom is -0.396 e. The number of hydrogen-bond donors (Lipinski definition) is 1. The molecule has 1 aromatic heterocycles. The average Bonchev–Trinajstić information content (AvgIpc) is 2.59. The molecule has 4 nitrogen and oxygen atoms in total. The first-order valence-corrected chi connectivity index (χ1v) is 6.65. The van der Waals surface area contributed by atoms with E-state index in [-0.39, 0.29) is 12.5 Å². The van der Waals surface area contributed by atoms with Crippen LogP contribution in [-0.4, -0.2) is 47.9 Å². The van der Waals surface area contributed by atoms with Crippen LogP contribution in [0.4, 0.5) is 0 Å². The second kappa shape index (κ2) is 6.68. The van der Waals surface area contributed by atoms with E-state index in [1.807, 2.05) is 0 Å². The summed E-state index contributed by atoms with van der Waals surface area (Å²) in [6.07, 6.45) is 3.20. The lowest BCUT2D eigenvalue weighted by Gasteiger charge is -2.23. The lowest BCUT2D eigenvalue weighted by atomic mass is 10.1. The maximum Gasteiger partial charge on any atom is 0.0649 e. The third-order valence-electron chi connectivity index (χ3n) is 3.01. The van der Waals surface area contributed by atoms with Gasteiger partial charge in [-0.25, -0.2) is 0 Å². The highest BCUT2D eigenvalue weighted by atomic mass is 35.5. The van der Waals surface area contributed by atoms with Gasteiger partial charge in [0.2, 0.25) is 0 Å². The number of aliphatic hydroxyl groups is 1. The Labute approximate surface area is 116 Å². The molecule has 1 aliphatic rings. The fraction of sp³-hybridized carbons (Fsp3) is 0.583. The van der Waals surface area contributed by atoms with Gasteiger partial charge in [-0.1, -0.05) is 23.2 Å². The van der Waals surface area contributed by atoms with Crippen LogP contribution in [-0.2, 0) is 11.3 Å². The maximum atomic E-state index is 9.24. The van der Waals surface area contributed by atoms with Crippen LogP contribution in [0.25, 0.3) is 0 Å². The fourth-order valence-electron chi connectivity index (χ4n) is 2.02. The third kappa shape index (κ3) is 3.56. The van der Waals surface area contributed by atoms with Crippen LogP contribution in [0.5, 0.6) is 0 Å². The summed E-state index contributed by atoms with van der Waals surface area (Å²) in [5.41, 5.74) is 0.881. The molecule has 0 spiro atoms. The summed E-state index contributed by atoms with van der Waals surface area (Å²) in [5.74, 6) is 0.145. The standard InChI is InChI=1S/C12H16Cl2N2O2/c13-11-3-15-4-12(14)10(11)6-16-1-2-18-8-9(5-16)7-17/h3-4,9,17H,1-2,5-8H2/t9-/m0/s1. The van der Waals surface area contributed by atoms with Crippen molar-refractivity contribution in [3.63, 3.8) is 0 Å². The van der Waals surface area contributed by atoms with Gasteiger partial charge in [-0.05, 0) is 0 Å². The zero-order chi connectivity index (χ0) is 13.0. The molecule has 0 saturated carbocycles. The number of nitrogens with zero attached hydrogens (tertiary/aromatic N) is 2. The summed E-state index contributed by atoms with van der Waals surface area (Å²) >= 11 is 12.2. The predicted octanol–water partition coefficient (Wildman–Crippen LogP) is 1.83. The molecule has 1 saturated heterocycles. The van der Waals surface area contributed by atoms with E-state index >= 15 is 0 Å². The van der Waals surface area contributed by atoms with Crippen molar-refractivity contribution in [2.24, 2.45) is 5.92 Å². The quantitative estimate of drug-likeness (QED) is 0.923. The molecule has 1 fully saturated rings. The first-order chi connectivity index (χ1) is 8.70. The zero-order valence-electron chi connectivity index (χ0n) is 9.98. The molecular weight excluding hydrogens is 275 g/mol. The first-order valence-electron chi connectivity index (χ1n) is 5.89. The van der Waals surface area contributed by atoms with E-state index in [0.29, 0.717) is 29.8 Å². The van der Waals surface area contributed by atoms with Crippen molar-refractivity contribution in [3.8, 4) is 0 Å². The van der Waals surface area contributed by atoms with Crippen LogP contribution in [0, 0.1) is 5.92 Å². The highest BCUT2D eigenvalue weighted by Gasteiger charge is 2.19. The van der Waals surface area contributed by atoms with Crippen molar-refractivity contribution in [2.75, 3.05) is 32.9 Å². The van der Waals surface area contributed by atoms with Crippen LogP contribution in [0.1, 0.15) is 5.56 Å². The van der Waals surface area contributed by atoms with Gasteiger partial charge in [-0.15, -0.1) is 0 Å². The minimum absolute atomic E-state index is 0.133. The number of aromatic nitrogens is 1. The molecule has 1 aromatic rings.